The average molecular weight is 526 g/mol. The zero-order valence-corrected chi connectivity index (χ0v) is 21.7. The predicted octanol–water partition coefficient (Wildman–Crippen LogP) is 3.08. The van der Waals surface area contributed by atoms with Crippen LogP contribution >= 0.6 is 0 Å². The third-order valence-corrected chi connectivity index (χ3v) is 9.43. The van der Waals surface area contributed by atoms with Crippen molar-refractivity contribution in [2.75, 3.05) is 26.9 Å². The lowest BCUT2D eigenvalue weighted by atomic mass is 9.70. The molecule has 8 nitrogen and oxygen atoms in total. The molecule has 3 aliphatic heterocycles. The summed E-state index contributed by atoms with van der Waals surface area (Å²) in [7, 11) is 1.53. The lowest BCUT2D eigenvalue weighted by Crippen LogP contribution is -2.52. The van der Waals surface area contributed by atoms with E-state index in [0.717, 1.165) is 18.4 Å². The van der Waals surface area contributed by atoms with Gasteiger partial charge in [0.1, 0.15) is 11.5 Å². The van der Waals surface area contributed by atoms with E-state index in [1.807, 2.05) is 42.5 Å². The van der Waals surface area contributed by atoms with Crippen LogP contribution in [-0.4, -0.2) is 65.2 Å². The third-order valence-electron chi connectivity index (χ3n) is 9.43. The number of methoxy groups -OCH3 is 1. The van der Waals surface area contributed by atoms with Crippen LogP contribution in [0.15, 0.2) is 67.0 Å². The van der Waals surface area contributed by atoms with Gasteiger partial charge in [-0.1, -0.05) is 42.5 Å². The molecule has 1 unspecified atom stereocenters. The predicted molar refractivity (Wildman–Crippen MR) is 141 cm³/mol. The summed E-state index contributed by atoms with van der Waals surface area (Å²) < 4.78 is 18.4. The van der Waals surface area contributed by atoms with Gasteiger partial charge in [-0.15, -0.1) is 0 Å². The molecule has 3 aromatic rings. The second-order valence-corrected chi connectivity index (χ2v) is 11.1. The molecule has 1 aromatic heterocycles. The summed E-state index contributed by atoms with van der Waals surface area (Å²) >= 11 is 0. The number of morpholine rings is 1. The van der Waals surface area contributed by atoms with Gasteiger partial charge in [0, 0.05) is 30.5 Å². The number of hydrogen-bond acceptors (Lipinski definition) is 8. The Balaban J connectivity index is 1.47. The van der Waals surface area contributed by atoms with Crippen LogP contribution in [0.25, 0.3) is 0 Å². The number of aromatic nitrogens is 1. The molecule has 1 saturated carbocycles. The van der Waals surface area contributed by atoms with Gasteiger partial charge in [0.25, 0.3) is 0 Å². The first-order valence-electron chi connectivity index (χ1n) is 13.5. The number of hydrogen-bond donors (Lipinski definition) is 2. The minimum Gasteiger partial charge on any atom is -0.495 e. The molecule has 2 N–H and O–H groups in total. The van der Waals surface area contributed by atoms with E-state index >= 15 is 0 Å². The number of ether oxygens (including phenoxy) is 3. The van der Waals surface area contributed by atoms with E-state index in [4.69, 9.17) is 14.2 Å². The van der Waals surface area contributed by atoms with E-state index in [0.29, 0.717) is 60.0 Å². The fourth-order valence-electron chi connectivity index (χ4n) is 7.78. The molecule has 200 valence electrons. The fraction of sp³-hybridized carbons (Fsp3) is 0.419. The standard InChI is InChI=1S/C31H31N3O5/c1-37-25-14-33-15-26-28(25)30(36)29(35)24(16-34-22-11-12-23(34)18-38-17-22)27(20-5-3-2-4-6-20)31(30,39-26)21-9-7-19(13-32)8-10-21/h2-10,14-15,22-24,27,29,35-36H,11-12,16-18H2,1H3/t22-,23-,24-,27-,29?,30+,31+/m1/s1. The van der Waals surface area contributed by atoms with Crippen LogP contribution in [0.4, 0.5) is 0 Å². The molecular formula is C31H31N3O5. The lowest BCUT2D eigenvalue weighted by Gasteiger charge is -2.41. The summed E-state index contributed by atoms with van der Waals surface area (Å²) in [5.74, 6) is -0.0548. The topological polar surface area (TPSA) is 108 Å². The van der Waals surface area contributed by atoms with Crippen LogP contribution in [0.5, 0.6) is 11.5 Å². The van der Waals surface area contributed by atoms with Crippen LogP contribution < -0.4 is 9.47 Å². The molecule has 0 spiro atoms. The van der Waals surface area contributed by atoms with E-state index in [1.54, 1.807) is 24.5 Å². The largest absolute Gasteiger partial charge is 0.495 e. The highest BCUT2D eigenvalue weighted by Gasteiger charge is 2.77. The minimum absolute atomic E-state index is 0.292. The summed E-state index contributed by atoms with van der Waals surface area (Å²) in [6, 6.07) is 19.9. The normalized spacial score (nSPS) is 34.7. The van der Waals surface area contributed by atoms with Crippen molar-refractivity contribution in [2.45, 2.75) is 48.1 Å². The van der Waals surface area contributed by atoms with Crippen molar-refractivity contribution in [2.24, 2.45) is 5.92 Å². The Bertz CT molecular complexity index is 1410. The molecule has 8 heteroatoms. The molecule has 2 saturated heterocycles. The molecule has 7 rings (SSSR count). The number of nitriles is 1. The molecule has 1 aliphatic carbocycles. The minimum atomic E-state index is -1.85. The molecule has 0 amide bonds. The smallest absolute Gasteiger partial charge is 0.177 e. The van der Waals surface area contributed by atoms with Crippen molar-refractivity contribution in [3.63, 3.8) is 0 Å². The van der Waals surface area contributed by atoms with E-state index < -0.39 is 23.2 Å². The maximum atomic E-state index is 13.0. The van der Waals surface area contributed by atoms with Crippen molar-refractivity contribution in [3.05, 3.63) is 89.2 Å². The Hall–Kier alpha value is -3.48. The Kier molecular flexibility index (Phi) is 5.69. The highest BCUT2D eigenvalue weighted by molar-refractivity contribution is 5.59. The number of aliphatic hydroxyl groups excluding tert-OH is 1. The Morgan fingerprint density at radius 3 is 2.46 bits per heavy atom. The van der Waals surface area contributed by atoms with Gasteiger partial charge < -0.3 is 24.4 Å². The van der Waals surface area contributed by atoms with Crippen LogP contribution in [0.2, 0.25) is 0 Å². The zero-order valence-electron chi connectivity index (χ0n) is 21.7. The number of nitrogens with zero attached hydrogens (tertiary/aromatic N) is 3. The quantitative estimate of drug-likeness (QED) is 0.523. The second-order valence-electron chi connectivity index (χ2n) is 11.1. The van der Waals surface area contributed by atoms with Crippen molar-refractivity contribution in [3.8, 4) is 17.6 Å². The summed E-state index contributed by atoms with van der Waals surface area (Å²) in [5.41, 5.74) is -0.683. The Morgan fingerprint density at radius 2 is 1.79 bits per heavy atom. The van der Waals surface area contributed by atoms with E-state index in [2.05, 4.69) is 16.0 Å². The Labute approximate surface area is 227 Å². The molecule has 4 aliphatic rings. The van der Waals surface area contributed by atoms with Crippen molar-refractivity contribution < 1.29 is 24.4 Å². The van der Waals surface area contributed by atoms with Gasteiger partial charge in [0.15, 0.2) is 11.2 Å². The zero-order chi connectivity index (χ0) is 26.8. The van der Waals surface area contributed by atoms with Crippen LogP contribution in [0.1, 0.15) is 41.0 Å². The highest BCUT2D eigenvalue weighted by Crippen LogP contribution is 2.69. The van der Waals surface area contributed by atoms with Gasteiger partial charge >= 0.3 is 0 Å². The Morgan fingerprint density at radius 1 is 1.08 bits per heavy atom. The number of pyridine rings is 1. The third kappa shape index (κ3) is 3.28. The van der Waals surface area contributed by atoms with Gasteiger partial charge in [0.05, 0.1) is 56.0 Å². The molecular weight excluding hydrogens is 494 g/mol. The van der Waals surface area contributed by atoms with Crippen LogP contribution in [-0.2, 0) is 15.9 Å². The van der Waals surface area contributed by atoms with Crippen molar-refractivity contribution >= 4 is 0 Å². The van der Waals surface area contributed by atoms with E-state index in [1.165, 1.54) is 7.11 Å². The van der Waals surface area contributed by atoms with Crippen molar-refractivity contribution in [1.82, 2.24) is 9.88 Å². The van der Waals surface area contributed by atoms with Gasteiger partial charge in [0.2, 0.25) is 0 Å². The fourth-order valence-corrected chi connectivity index (χ4v) is 7.78. The molecule has 4 heterocycles. The second kappa shape index (κ2) is 9.04. The molecule has 2 bridgehead atoms. The van der Waals surface area contributed by atoms with Crippen LogP contribution in [0.3, 0.4) is 0 Å². The molecule has 0 radical (unpaired) electrons. The maximum Gasteiger partial charge on any atom is 0.177 e. The number of fused-ring (bicyclic) bond motifs is 5. The first kappa shape index (κ1) is 24.6. The molecule has 39 heavy (non-hydrogen) atoms. The van der Waals surface area contributed by atoms with Gasteiger partial charge in [-0.3, -0.25) is 9.88 Å². The van der Waals surface area contributed by atoms with Crippen LogP contribution in [0, 0.1) is 17.2 Å². The summed E-state index contributed by atoms with van der Waals surface area (Å²) in [4.78, 5) is 6.76. The first-order valence-corrected chi connectivity index (χ1v) is 13.5. The molecule has 3 fully saturated rings. The number of rotatable bonds is 5. The number of benzene rings is 2. The highest BCUT2D eigenvalue weighted by atomic mass is 16.5. The average Bonchev–Trinajstić information content (AvgIpc) is 3.44. The van der Waals surface area contributed by atoms with Gasteiger partial charge in [-0.05, 0) is 36.1 Å². The van der Waals surface area contributed by atoms with Gasteiger partial charge in [-0.2, -0.15) is 5.26 Å². The summed E-state index contributed by atoms with van der Waals surface area (Å²) in [6.07, 6.45) is 4.07. The SMILES string of the molecule is COc1cncc2c1[C@]1(O)C(O)[C@H](CN3[C@@H]4CC[C@@H]3COC4)[C@@H](c3ccccc3)[C@]1(c1ccc(C#N)cc1)O2. The lowest BCUT2D eigenvalue weighted by molar-refractivity contribution is -0.153. The summed E-state index contributed by atoms with van der Waals surface area (Å²) in [5, 5.41) is 34.8. The van der Waals surface area contributed by atoms with Crippen molar-refractivity contribution in [1.29, 1.82) is 5.26 Å². The van der Waals surface area contributed by atoms with E-state index in [-0.39, 0.29) is 5.92 Å². The van der Waals surface area contributed by atoms with Gasteiger partial charge in [-0.25, -0.2) is 0 Å². The number of aliphatic hydroxyl groups is 2. The molecule has 2 aromatic carbocycles. The monoisotopic (exact) mass is 525 g/mol. The maximum absolute atomic E-state index is 13.0. The summed E-state index contributed by atoms with van der Waals surface area (Å²) in [6.45, 7) is 1.95. The van der Waals surface area contributed by atoms with E-state index in [9.17, 15) is 15.5 Å². The first-order chi connectivity index (χ1) is 19.0. The molecule has 7 atom stereocenters.